The smallest absolute Gasteiger partial charge is 0.162 e. The van der Waals surface area contributed by atoms with Crippen molar-refractivity contribution in [2.75, 3.05) is 27.2 Å². The van der Waals surface area contributed by atoms with E-state index in [-0.39, 0.29) is 5.60 Å². The van der Waals surface area contributed by atoms with Gasteiger partial charge in [-0.3, -0.25) is 10.3 Å². The molecule has 5 heteroatoms. The summed E-state index contributed by atoms with van der Waals surface area (Å²) in [7, 11) is 4.05. The Hall–Kier alpha value is -2.01. The van der Waals surface area contributed by atoms with E-state index in [1.165, 1.54) is 5.57 Å². The van der Waals surface area contributed by atoms with Crippen LogP contribution in [0.5, 0.6) is 5.75 Å². The van der Waals surface area contributed by atoms with Crippen molar-refractivity contribution in [2.45, 2.75) is 12.0 Å². The molecule has 0 radical (unpaired) electrons. The number of hydroxylamine groups is 1. The highest BCUT2D eigenvalue weighted by atomic mass is 35.5. The van der Waals surface area contributed by atoms with Crippen LogP contribution < -0.4 is 10.2 Å². The highest BCUT2D eigenvalue weighted by Gasteiger charge is 2.58. The molecule has 1 aliphatic carbocycles. The third-order valence-corrected chi connectivity index (χ3v) is 4.88. The fourth-order valence-corrected chi connectivity index (χ4v) is 3.41. The van der Waals surface area contributed by atoms with Crippen LogP contribution in [0.1, 0.15) is 17.5 Å². The first-order chi connectivity index (χ1) is 12.1. The van der Waals surface area contributed by atoms with Crippen molar-refractivity contribution in [3.05, 3.63) is 70.3 Å². The van der Waals surface area contributed by atoms with E-state index in [0.717, 1.165) is 35.5 Å². The number of ether oxygens (including phenoxy) is 1. The van der Waals surface area contributed by atoms with Gasteiger partial charge in [0.25, 0.3) is 0 Å². The second-order valence-corrected chi connectivity index (χ2v) is 7.16. The minimum atomic E-state index is -0.380. The van der Waals surface area contributed by atoms with E-state index in [1.54, 1.807) is 0 Å². The third-order valence-electron chi connectivity index (χ3n) is 4.64. The average molecular weight is 357 g/mol. The SMILES string of the molecule is CN(C)CCONC1=C2CC2(c2ccccc2)Oc2ccc(Cl)cc21. The van der Waals surface area contributed by atoms with E-state index in [2.05, 4.69) is 22.5 Å². The van der Waals surface area contributed by atoms with Gasteiger partial charge in [0, 0.05) is 34.7 Å². The van der Waals surface area contributed by atoms with Gasteiger partial charge in [0.15, 0.2) is 5.60 Å². The van der Waals surface area contributed by atoms with Crippen molar-refractivity contribution in [1.29, 1.82) is 0 Å². The fourth-order valence-electron chi connectivity index (χ4n) is 3.24. The first kappa shape index (κ1) is 16.5. The number of rotatable bonds is 6. The Labute approximate surface area is 153 Å². The zero-order valence-corrected chi connectivity index (χ0v) is 15.1. The summed E-state index contributed by atoms with van der Waals surface area (Å²) in [6.07, 6.45) is 0.850. The molecule has 0 saturated heterocycles. The Balaban J connectivity index is 1.67. The van der Waals surface area contributed by atoms with Gasteiger partial charge in [0.1, 0.15) is 5.75 Å². The molecule has 1 aliphatic heterocycles. The van der Waals surface area contributed by atoms with Crippen LogP contribution in [0.2, 0.25) is 5.02 Å². The number of nitrogens with one attached hydrogen (secondary N) is 1. The Kier molecular flexibility index (Phi) is 4.20. The van der Waals surface area contributed by atoms with Crippen LogP contribution in [-0.4, -0.2) is 32.1 Å². The standard InChI is InChI=1S/C20H21ClN2O2/c1-23(2)10-11-24-22-19-16-12-15(21)8-9-18(16)25-20(13-17(19)20)14-6-4-3-5-7-14/h3-9,12,22H,10-11,13H2,1-2H3. The molecule has 1 unspecified atom stereocenters. The molecule has 1 fully saturated rings. The highest BCUT2D eigenvalue weighted by Crippen LogP contribution is 2.61. The molecule has 1 saturated carbocycles. The second-order valence-electron chi connectivity index (χ2n) is 6.72. The summed E-state index contributed by atoms with van der Waals surface area (Å²) in [4.78, 5) is 7.79. The maximum atomic E-state index is 6.39. The Morgan fingerprint density at radius 2 is 2.00 bits per heavy atom. The van der Waals surface area contributed by atoms with Gasteiger partial charge in [-0.15, -0.1) is 0 Å². The van der Waals surface area contributed by atoms with Gasteiger partial charge in [0.05, 0.1) is 12.3 Å². The summed E-state index contributed by atoms with van der Waals surface area (Å²) in [5.41, 5.74) is 7.09. The molecule has 1 heterocycles. The minimum absolute atomic E-state index is 0.380. The van der Waals surface area contributed by atoms with Crippen molar-refractivity contribution < 1.29 is 9.57 Å². The van der Waals surface area contributed by atoms with Gasteiger partial charge < -0.3 is 9.64 Å². The predicted molar refractivity (Wildman–Crippen MR) is 99.4 cm³/mol. The first-order valence-corrected chi connectivity index (χ1v) is 8.78. The van der Waals surface area contributed by atoms with Gasteiger partial charge >= 0.3 is 0 Å². The molecule has 2 aromatic rings. The molecule has 1 atom stereocenters. The lowest BCUT2D eigenvalue weighted by atomic mass is 10.0. The molecular weight excluding hydrogens is 336 g/mol. The lowest BCUT2D eigenvalue weighted by Gasteiger charge is -2.26. The summed E-state index contributed by atoms with van der Waals surface area (Å²) in [5.74, 6) is 0.827. The van der Waals surface area contributed by atoms with Crippen LogP contribution in [-0.2, 0) is 10.4 Å². The van der Waals surface area contributed by atoms with Crippen molar-refractivity contribution in [3.63, 3.8) is 0 Å². The van der Waals surface area contributed by atoms with E-state index in [9.17, 15) is 0 Å². The molecule has 130 valence electrons. The first-order valence-electron chi connectivity index (χ1n) is 8.41. The van der Waals surface area contributed by atoms with Gasteiger partial charge in [-0.2, -0.15) is 0 Å². The number of benzene rings is 2. The quantitative estimate of drug-likeness (QED) is 0.630. The summed E-state index contributed by atoms with van der Waals surface area (Å²) in [6, 6.07) is 16.0. The largest absolute Gasteiger partial charge is 0.477 e. The normalized spacial score (nSPS) is 20.8. The summed E-state index contributed by atoms with van der Waals surface area (Å²) in [5, 5.41) is 0.684. The molecule has 0 spiro atoms. The molecule has 25 heavy (non-hydrogen) atoms. The maximum absolute atomic E-state index is 6.39. The Morgan fingerprint density at radius 1 is 1.20 bits per heavy atom. The fraction of sp³-hybridized carbons (Fsp3) is 0.300. The van der Waals surface area contributed by atoms with Gasteiger partial charge in [-0.25, -0.2) is 0 Å². The van der Waals surface area contributed by atoms with Crippen LogP contribution in [0.4, 0.5) is 0 Å². The topological polar surface area (TPSA) is 33.7 Å². The molecule has 0 bridgehead atoms. The van der Waals surface area contributed by atoms with Crippen LogP contribution in [0.3, 0.4) is 0 Å². The van der Waals surface area contributed by atoms with Gasteiger partial charge in [0.2, 0.25) is 0 Å². The molecule has 0 aromatic heterocycles. The Morgan fingerprint density at radius 3 is 2.76 bits per heavy atom. The molecule has 2 aromatic carbocycles. The minimum Gasteiger partial charge on any atom is -0.477 e. The number of likely N-dealkylation sites (N-methyl/N-ethyl adjacent to an activating group) is 1. The lowest BCUT2D eigenvalue weighted by molar-refractivity contribution is 0.0651. The van der Waals surface area contributed by atoms with Crippen molar-refractivity contribution >= 4 is 17.3 Å². The van der Waals surface area contributed by atoms with Crippen LogP contribution in [0, 0.1) is 0 Å². The maximum Gasteiger partial charge on any atom is 0.162 e. The molecule has 1 N–H and O–H groups in total. The van der Waals surface area contributed by atoms with Gasteiger partial charge in [-0.1, -0.05) is 41.9 Å². The van der Waals surface area contributed by atoms with E-state index in [0.29, 0.717) is 11.6 Å². The predicted octanol–water partition coefficient (Wildman–Crippen LogP) is 3.83. The van der Waals surface area contributed by atoms with E-state index >= 15 is 0 Å². The molecule has 4 nitrogen and oxygen atoms in total. The number of hydrogen-bond acceptors (Lipinski definition) is 4. The van der Waals surface area contributed by atoms with Crippen molar-refractivity contribution in [2.24, 2.45) is 0 Å². The van der Waals surface area contributed by atoms with Crippen LogP contribution in [0.15, 0.2) is 54.1 Å². The number of fused-ring (bicyclic) bond motifs is 2. The summed E-state index contributed by atoms with van der Waals surface area (Å²) in [6.45, 7) is 1.44. The number of hydrogen-bond donors (Lipinski definition) is 1. The second kappa shape index (κ2) is 6.37. The third kappa shape index (κ3) is 3.01. The van der Waals surface area contributed by atoms with Crippen molar-refractivity contribution in [3.8, 4) is 5.75 Å². The molecule has 4 rings (SSSR count). The van der Waals surface area contributed by atoms with Crippen molar-refractivity contribution in [1.82, 2.24) is 10.4 Å². The average Bonchev–Trinajstić information content (AvgIpc) is 3.34. The van der Waals surface area contributed by atoms with E-state index in [1.807, 2.05) is 50.5 Å². The summed E-state index contributed by atoms with van der Waals surface area (Å²) < 4.78 is 6.39. The van der Waals surface area contributed by atoms with E-state index < -0.39 is 0 Å². The van der Waals surface area contributed by atoms with Crippen LogP contribution in [0.25, 0.3) is 5.70 Å². The lowest BCUT2D eigenvalue weighted by Crippen LogP contribution is -2.26. The van der Waals surface area contributed by atoms with Crippen LogP contribution >= 0.6 is 11.6 Å². The zero-order valence-electron chi connectivity index (χ0n) is 14.4. The zero-order chi connectivity index (χ0) is 17.4. The van der Waals surface area contributed by atoms with Gasteiger partial charge in [-0.05, 0) is 32.3 Å². The summed E-state index contributed by atoms with van der Waals surface area (Å²) >= 11 is 6.20. The highest BCUT2D eigenvalue weighted by molar-refractivity contribution is 6.30. The molecule has 2 aliphatic rings. The molecule has 0 amide bonds. The Bertz CT molecular complexity index is 820. The number of halogens is 1. The monoisotopic (exact) mass is 356 g/mol. The number of nitrogens with zero attached hydrogens (tertiary/aromatic N) is 1. The van der Waals surface area contributed by atoms with E-state index in [4.69, 9.17) is 21.2 Å². The molecular formula is C20H21ClN2O2.